The first-order chi connectivity index (χ1) is 19.4. The van der Waals surface area contributed by atoms with Crippen molar-refractivity contribution < 1.29 is 19.1 Å². The van der Waals surface area contributed by atoms with Gasteiger partial charge < -0.3 is 13.9 Å². The van der Waals surface area contributed by atoms with Crippen molar-refractivity contribution in [3.05, 3.63) is 113 Å². The largest absolute Gasteiger partial charge is 0.493 e. The summed E-state index contributed by atoms with van der Waals surface area (Å²) in [6, 6.07) is 23.8. The second-order valence-corrected chi connectivity index (χ2v) is 10.4. The number of hydrogen-bond donors (Lipinski definition) is 0. The Morgan fingerprint density at radius 1 is 0.975 bits per heavy atom. The van der Waals surface area contributed by atoms with Crippen LogP contribution in [-0.4, -0.2) is 29.4 Å². The first kappa shape index (κ1) is 28.9. The normalized spacial score (nSPS) is 11.4. The number of aromatic nitrogens is 1. The fraction of sp³-hybridized carbons (Fsp3) is 0.314. The number of aryl methyl sites for hydroxylation is 1. The summed E-state index contributed by atoms with van der Waals surface area (Å²) in [5.74, 6) is 1.18. The zero-order valence-electron chi connectivity index (χ0n) is 23.8. The second-order valence-electron chi connectivity index (χ2n) is 10.4. The molecule has 0 amide bonds. The molecule has 2 aromatic heterocycles. The summed E-state index contributed by atoms with van der Waals surface area (Å²) in [4.78, 5) is 25.1. The Labute approximate surface area is 237 Å². The number of benzene rings is 2. The molecule has 0 aliphatic rings. The summed E-state index contributed by atoms with van der Waals surface area (Å²) in [6.45, 7) is 7.23. The summed E-state index contributed by atoms with van der Waals surface area (Å²) >= 11 is 0. The van der Waals surface area contributed by atoms with E-state index in [0.717, 1.165) is 29.8 Å². The van der Waals surface area contributed by atoms with Crippen molar-refractivity contribution in [3.8, 4) is 5.75 Å². The maximum atomic E-state index is 13.4. The Morgan fingerprint density at radius 3 is 2.48 bits per heavy atom. The van der Waals surface area contributed by atoms with Crippen LogP contribution in [0.2, 0.25) is 0 Å². The van der Waals surface area contributed by atoms with E-state index < -0.39 is 0 Å². The molecular formula is C35H39NO4. The Balaban J connectivity index is 1.32. The summed E-state index contributed by atoms with van der Waals surface area (Å²) in [5, 5.41) is 0. The smallest absolute Gasteiger partial charge is 0.305 e. The molecule has 40 heavy (non-hydrogen) atoms. The highest BCUT2D eigenvalue weighted by Gasteiger charge is 2.17. The average molecular weight is 538 g/mol. The molecule has 0 saturated carbocycles. The van der Waals surface area contributed by atoms with Gasteiger partial charge >= 0.3 is 5.97 Å². The van der Waals surface area contributed by atoms with Crippen LogP contribution in [0.5, 0.6) is 5.75 Å². The minimum Gasteiger partial charge on any atom is -0.493 e. The third-order valence-corrected chi connectivity index (χ3v) is 6.72. The zero-order valence-corrected chi connectivity index (χ0v) is 23.8. The number of carbonyl (C=O) groups excluding carboxylic acids is 2. The van der Waals surface area contributed by atoms with Gasteiger partial charge in [0.05, 0.1) is 18.7 Å². The summed E-state index contributed by atoms with van der Waals surface area (Å²) < 4.78 is 13.0. The predicted molar refractivity (Wildman–Crippen MR) is 161 cm³/mol. The lowest BCUT2D eigenvalue weighted by Crippen LogP contribution is -2.04. The van der Waals surface area contributed by atoms with Crippen LogP contribution in [-0.2, 0) is 22.4 Å². The molecular weight excluding hydrogens is 498 g/mol. The number of nitrogens with zero attached hydrogens (tertiary/aromatic N) is 1. The fourth-order valence-corrected chi connectivity index (χ4v) is 4.80. The maximum Gasteiger partial charge on any atom is 0.305 e. The molecule has 2 heterocycles. The van der Waals surface area contributed by atoms with E-state index in [9.17, 15) is 9.59 Å². The topological polar surface area (TPSA) is 57.0 Å². The van der Waals surface area contributed by atoms with E-state index in [0.29, 0.717) is 49.5 Å². The van der Waals surface area contributed by atoms with Crippen LogP contribution in [0.1, 0.15) is 72.8 Å². The molecule has 5 heteroatoms. The van der Waals surface area contributed by atoms with Gasteiger partial charge in [0.2, 0.25) is 0 Å². The number of esters is 1. The van der Waals surface area contributed by atoms with Crippen LogP contribution in [0.4, 0.5) is 0 Å². The van der Waals surface area contributed by atoms with Crippen molar-refractivity contribution in [1.82, 2.24) is 4.40 Å². The Bertz CT molecular complexity index is 1430. The number of rotatable bonds is 14. The summed E-state index contributed by atoms with van der Waals surface area (Å²) in [6.07, 6.45) is 9.81. The van der Waals surface area contributed by atoms with E-state index in [2.05, 4.69) is 50.3 Å². The molecule has 0 fully saturated rings. The van der Waals surface area contributed by atoms with Gasteiger partial charge in [-0.3, -0.25) is 9.59 Å². The molecule has 0 atom stereocenters. The first-order valence-electron chi connectivity index (χ1n) is 14.2. The molecule has 0 saturated heterocycles. The number of fused-ring (bicyclic) bond motifs is 1. The number of ether oxygens (including phenoxy) is 2. The molecule has 0 aliphatic carbocycles. The van der Waals surface area contributed by atoms with Crippen LogP contribution in [0.15, 0.2) is 85.1 Å². The highest BCUT2D eigenvalue weighted by Crippen LogP contribution is 2.23. The molecule has 0 aliphatic heterocycles. The van der Waals surface area contributed by atoms with Crippen molar-refractivity contribution >= 4 is 23.3 Å². The van der Waals surface area contributed by atoms with Crippen molar-refractivity contribution in [2.75, 3.05) is 13.2 Å². The van der Waals surface area contributed by atoms with Gasteiger partial charge in [-0.2, -0.15) is 0 Å². The molecule has 4 aromatic rings. The van der Waals surface area contributed by atoms with Crippen molar-refractivity contribution in [1.29, 1.82) is 0 Å². The van der Waals surface area contributed by atoms with Gasteiger partial charge in [-0.05, 0) is 92.1 Å². The third-order valence-electron chi connectivity index (χ3n) is 6.72. The SMILES string of the molecule is CCOC(=O)CCCc1cc(C(=O)c2ccc(OCCC=Cc3ccc(CC(C)C)cc3)cc2)c2ccccn12. The highest BCUT2D eigenvalue weighted by molar-refractivity contribution is 6.13. The standard InChI is InChI=1S/C35H39NO4/c1-4-39-34(37)13-9-11-30-25-32(33-12-5-7-22-36(30)33)35(38)29-18-20-31(21-19-29)40-23-8-6-10-27-14-16-28(17-15-27)24-26(2)3/h5-7,10,12,14-22,25-26H,4,8-9,11,13,23-24H2,1-3H3. The van der Waals surface area contributed by atoms with Gasteiger partial charge in [-0.15, -0.1) is 0 Å². The molecule has 4 rings (SSSR count). The van der Waals surface area contributed by atoms with Crippen molar-refractivity contribution in [2.24, 2.45) is 5.92 Å². The van der Waals surface area contributed by atoms with Crippen LogP contribution >= 0.6 is 0 Å². The van der Waals surface area contributed by atoms with E-state index in [-0.39, 0.29) is 11.8 Å². The lowest BCUT2D eigenvalue weighted by molar-refractivity contribution is -0.143. The number of carbonyl (C=O) groups is 2. The third kappa shape index (κ3) is 7.95. The quantitative estimate of drug-likeness (QED) is 0.0938. The average Bonchev–Trinajstić information content (AvgIpc) is 3.32. The molecule has 0 unspecified atom stereocenters. The van der Waals surface area contributed by atoms with Gasteiger partial charge in [0, 0.05) is 29.4 Å². The second kappa shape index (κ2) is 14.3. The van der Waals surface area contributed by atoms with E-state index in [1.165, 1.54) is 11.1 Å². The molecule has 0 bridgehead atoms. The van der Waals surface area contributed by atoms with E-state index in [4.69, 9.17) is 9.47 Å². The molecule has 0 spiro atoms. The van der Waals surface area contributed by atoms with E-state index in [1.54, 1.807) is 0 Å². The monoisotopic (exact) mass is 537 g/mol. The lowest BCUT2D eigenvalue weighted by Gasteiger charge is -2.06. The highest BCUT2D eigenvalue weighted by atomic mass is 16.5. The van der Waals surface area contributed by atoms with Crippen LogP contribution in [0.3, 0.4) is 0 Å². The minimum absolute atomic E-state index is 0.0331. The van der Waals surface area contributed by atoms with Crippen molar-refractivity contribution in [3.63, 3.8) is 0 Å². The van der Waals surface area contributed by atoms with Gasteiger partial charge in [-0.1, -0.05) is 56.3 Å². The molecule has 208 valence electrons. The zero-order chi connectivity index (χ0) is 28.3. The summed E-state index contributed by atoms with van der Waals surface area (Å²) in [7, 11) is 0. The molecule has 5 nitrogen and oxygen atoms in total. The molecule has 2 aromatic carbocycles. The van der Waals surface area contributed by atoms with Crippen molar-refractivity contribution in [2.45, 2.75) is 52.9 Å². The number of pyridine rings is 1. The molecule has 0 N–H and O–H groups in total. The van der Waals surface area contributed by atoms with Gasteiger partial charge in [-0.25, -0.2) is 0 Å². The van der Waals surface area contributed by atoms with Gasteiger partial charge in [0.25, 0.3) is 0 Å². The predicted octanol–water partition coefficient (Wildman–Crippen LogP) is 7.74. The Kier molecular flexibility index (Phi) is 10.3. The van der Waals surface area contributed by atoms with Crippen LogP contribution in [0.25, 0.3) is 11.6 Å². The fourth-order valence-electron chi connectivity index (χ4n) is 4.80. The Morgan fingerprint density at radius 2 is 1.75 bits per heavy atom. The lowest BCUT2D eigenvalue weighted by atomic mass is 10.0. The first-order valence-corrected chi connectivity index (χ1v) is 14.2. The van der Waals surface area contributed by atoms with E-state index in [1.807, 2.05) is 66.1 Å². The van der Waals surface area contributed by atoms with E-state index >= 15 is 0 Å². The number of hydrogen-bond acceptors (Lipinski definition) is 4. The van der Waals surface area contributed by atoms with Crippen LogP contribution < -0.4 is 4.74 Å². The van der Waals surface area contributed by atoms with Gasteiger partial charge in [0.1, 0.15) is 5.75 Å². The van der Waals surface area contributed by atoms with Gasteiger partial charge in [0.15, 0.2) is 5.78 Å². The summed E-state index contributed by atoms with van der Waals surface area (Å²) in [5.41, 5.74) is 5.69. The molecule has 0 radical (unpaired) electrons. The maximum absolute atomic E-state index is 13.4. The minimum atomic E-state index is -0.190. The number of ketones is 1. The van der Waals surface area contributed by atoms with Crippen LogP contribution in [0, 0.1) is 5.92 Å². The Hall–Kier alpha value is -4.12.